The van der Waals surface area contributed by atoms with Crippen molar-refractivity contribution in [1.82, 2.24) is 5.32 Å². The molecule has 0 atom stereocenters. The highest BCUT2D eigenvalue weighted by Crippen LogP contribution is 2.39. The van der Waals surface area contributed by atoms with E-state index in [0.29, 0.717) is 12.1 Å². The Morgan fingerprint density at radius 2 is 1.81 bits per heavy atom. The minimum absolute atomic E-state index is 0.136. The van der Waals surface area contributed by atoms with Crippen LogP contribution >= 0.6 is 11.6 Å². The van der Waals surface area contributed by atoms with Gasteiger partial charge < -0.3 is 19.4 Å². The van der Waals surface area contributed by atoms with Crippen LogP contribution in [0.2, 0.25) is 5.02 Å². The number of halogens is 4. The van der Waals surface area contributed by atoms with Crippen molar-refractivity contribution in [3.8, 4) is 5.75 Å². The lowest BCUT2D eigenvalue weighted by atomic mass is 9.77. The van der Waals surface area contributed by atoms with Crippen LogP contribution < -0.4 is 10.1 Å². The van der Waals surface area contributed by atoms with Crippen molar-refractivity contribution >= 4 is 24.8 Å². The second-order valence-electron chi connectivity index (χ2n) is 7.07. The molecule has 0 aromatic heterocycles. The van der Waals surface area contributed by atoms with Gasteiger partial charge in [0.05, 0.1) is 16.2 Å². The van der Waals surface area contributed by atoms with Gasteiger partial charge in [0.25, 0.3) is 0 Å². The Bertz CT molecular complexity index is 676. The van der Waals surface area contributed by atoms with Crippen LogP contribution in [-0.2, 0) is 9.31 Å². The molecule has 1 aromatic carbocycles. The van der Waals surface area contributed by atoms with E-state index in [9.17, 15) is 13.2 Å². The van der Waals surface area contributed by atoms with E-state index in [-0.39, 0.29) is 10.8 Å². The molecule has 2 rings (SSSR count). The largest absolute Gasteiger partial charge is 0.573 e. The topological polar surface area (TPSA) is 39.7 Å². The molecule has 26 heavy (non-hydrogen) atoms. The van der Waals surface area contributed by atoms with E-state index in [2.05, 4.69) is 10.1 Å². The molecule has 1 fully saturated rings. The fourth-order valence-corrected chi connectivity index (χ4v) is 2.65. The van der Waals surface area contributed by atoms with Crippen LogP contribution in [0.4, 0.5) is 13.2 Å². The number of ether oxygens (including phenoxy) is 1. The van der Waals surface area contributed by atoms with Crippen LogP contribution in [0.25, 0.3) is 6.08 Å². The van der Waals surface area contributed by atoms with Crippen LogP contribution in [-0.4, -0.2) is 38.3 Å². The standard InChI is InChI=1S/C17H22BClF3NO3/c1-15(2)16(3,4)26-18(25-15)12(10-23-5)8-11-6-7-13(9-14(11)19)24-17(20,21)22/h6-9,23H,10H2,1-5H3. The molecule has 0 saturated carbocycles. The highest BCUT2D eigenvalue weighted by atomic mass is 35.5. The third-order valence-corrected chi connectivity index (χ3v) is 4.81. The van der Waals surface area contributed by atoms with Gasteiger partial charge in [0, 0.05) is 6.54 Å². The van der Waals surface area contributed by atoms with Gasteiger partial charge in [-0.25, -0.2) is 0 Å². The molecule has 0 amide bonds. The number of benzene rings is 1. The molecule has 1 aliphatic heterocycles. The van der Waals surface area contributed by atoms with E-state index in [1.807, 2.05) is 27.7 Å². The summed E-state index contributed by atoms with van der Waals surface area (Å²) >= 11 is 6.13. The smallest absolute Gasteiger partial charge is 0.406 e. The molecule has 0 aliphatic carbocycles. The fraction of sp³-hybridized carbons (Fsp3) is 0.529. The zero-order valence-electron chi connectivity index (χ0n) is 15.3. The molecule has 1 aliphatic rings. The van der Waals surface area contributed by atoms with Gasteiger partial charge in [0.2, 0.25) is 0 Å². The van der Waals surface area contributed by atoms with Crippen molar-refractivity contribution in [3.63, 3.8) is 0 Å². The first kappa shape index (κ1) is 21.1. The summed E-state index contributed by atoms with van der Waals surface area (Å²) < 4.78 is 52.9. The van der Waals surface area contributed by atoms with Gasteiger partial charge >= 0.3 is 13.5 Å². The average molecular weight is 392 g/mol. The van der Waals surface area contributed by atoms with Crippen LogP contribution in [0.3, 0.4) is 0 Å². The maximum Gasteiger partial charge on any atom is 0.573 e. The minimum Gasteiger partial charge on any atom is -0.406 e. The number of hydrogen-bond donors (Lipinski definition) is 1. The monoisotopic (exact) mass is 391 g/mol. The zero-order chi connectivity index (χ0) is 19.8. The van der Waals surface area contributed by atoms with Crippen molar-refractivity contribution in [1.29, 1.82) is 0 Å². The molecule has 0 spiro atoms. The van der Waals surface area contributed by atoms with E-state index < -0.39 is 24.7 Å². The molecule has 1 aromatic rings. The van der Waals surface area contributed by atoms with Crippen molar-refractivity contribution in [3.05, 3.63) is 34.3 Å². The van der Waals surface area contributed by atoms with Crippen molar-refractivity contribution in [2.75, 3.05) is 13.6 Å². The molecule has 9 heteroatoms. The highest BCUT2D eigenvalue weighted by Gasteiger charge is 2.52. The number of likely N-dealkylation sites (N-methyl/N-ethyl adjacent to an activating group) is 1. The van der Waals surface area contributed by atoms with Gasteiger partial charge in [-0.3, -0.25) is 0 Å². The molecule has 0 unspecified atom stereocenters. The van der Waals surface area contributed by atoms with Crippen molar-refractivity contribution in [2.24, 2.45) is 0 Å². The van der Waals surface area contributed by atoms with Gasteiger partial charge in [0.15, 0.2) is 0 Å². The molecule has 4 nitrogen and oxygen atoms in total. The molecule has 1 heterocycles. The van der Waals surface area contributed by atoms with Crippen LogP contribution in [0.15, 0.2) is 23.7 Å². The third kappa shape index (κ3) is 4.94. The predicted molar refractivity (Wildman–Crippen MR) is 96.1 cm³/mol. The Morgan fingerprint density at radius 1 is 1.23 bits per heavy atom. The van der Waals surface area contributed by atoms with Crippen LogP contribution in [0, 0.1) is 0 Å². The summed E-state index contributed by atoms with van der Waals surface area (Å²) in [5.41, 5.74) is 0.316. The summed E-state index contributed by atoms with van der Waals surface area (Å²) in [6, 6.07) is 3.80. The summed E-state index contributed by atoms with van der Waals surface area (Å²) in [5, 5.41) is 3.17. The van der Waals surface area contributed by atoms with Crippen molar-refractivity contribution < 1.29 is 27.2 Å². The number of nitrogens with one attached hydrogen (secondary N) is 1. The molecule has 0 bridgehead atoms. The van der Waals surface area contributed by atoms with Crippen LogP contribution in [0.1, 0.15) is 33.3 Å². The molecular weight excluding hydrogens is 369 g/mol. The molecule has 1 saturated heterocycles. The number of hydrogen-bond acceptors (Lipinski definition) is 4. The van der Waals surface area contributed by atoms with Crippen LogP contribution in [0.5, 0.6) is 5.75 Å². The predicted octanol–water partition coefficient (Wildman–Crippen LogP) is 4.47. The highest BCUT2D eigenvalue weighted by molar-refractivity contribution is 6.56. The van der Waals surface area contributed by atoms with Gasteiger partial charge in [-0.1, -0.05) is 17.7 Å². The third-order valence-electron chi connectivity index (χ3n) is 4.48. The maximum atomic E-state index is 12.3. The second kappa shape index (κ2) is 7.42. The summed E-state index contributed by atoms with van der Waals surface area (Å²) in [6.07, 6.45) is -3.01. The van der Waals surface area contributed by atoms with E-state index in [1.165, 1.54) is 12.1 Å². The van der Waals surface area contributed by atoms with E-state index in [0.717, 1.165) is 11.5 Å². The van der Waals surface area contributed by atoms with Crippen molar-refractivity contribution in [2.45, 2.75) is 45.3 Å². The minimum atomic E-state index is -4.76. The Labute approximate surface area is 156 Å². The van der Waals surface area contributed by atoms with E-state index in [1.54, 1.807) is 13.1 Å². The van der Waals surface area contributed by atoms with E-state index >= 15 is 0 Å². The molecule has 144 valence electrons. The Morgan fingerprint density at radius 3 is 2.27 bits per heavy atom. The zero-order valence-corrected chi connectivity index (χ0v) is 16.1. The van der Waals surface area contributed by atoms with Gasteiger partial charge in [-0.2, -0.15) is 0 Å². The SMILES string of the molecule is CNCC(=Cc1ccc(OC(F)(F)F)cc1Cl)B1OC(C)(C)C(C)(C)O1. The first-order valence-electron chi connectivity index (χ1n) is 8.10. The number of rotatable bonds is 5. The van der Waals surface area contributed by atoms with Gasteiger partial charge in [-0.05, 0) is 64.0 Å². The molecular formula is C17H22BClF3NO3. The lowest BCUT2D eigenvalue weighted by Crippen LogP contribution is -2.41. The van der Waals surface area contributed by atoms with Gasteiger partial charge in [-0.15, -0.1) is 13.2 Å². The summed E-state index contributed by atoms with van der Waals surface area (Å²) in [5.74, 6) is -0.370. The summed E-state index contributed by atoms with van der Waals surface area (Å²) in [7, 11) is 1.19. The average Bonchev–Trinajstić information content (AvgIpc) is 2.67. The fourth-order valence-electron chi connectivity index (χ4n) is 2.42. The lowest BCUT2D eigenvalue weighted by Gasteiger charge is -2.32. The van der Waals surface area contributed by atoms with E-state index in [4.69, 9.17) is 20.9 Å². The normalized spacial score (nSPS) is 19.7. The Kier molecular flexibility index (Phi) is 6.02. The second-order valence-corrected chi connectivity index (χ2v) is 7.48. The molecule has 1 N–H and O–H groups in total. The summed E-state index contributed by atoms with van der Waals surface area (Å²) in [4.78, 5) is 0. The quantitative estimate of drug-likeness (QED) is 0.752. The maximum absolute atomic E-state index is 12.3. The lowest BCUT2D eigenvalue weighted by molar-refractivity contribution is -0.274. The first-order chi connectivity index (χ1) is 11.8. The Hall–Kier alpha value is -1.22. The first-order valence-corrected chi connectivity index (χ1v) is 8.48. The summed E-state index contributed by atoms with van der Waals surface area (Å²) in [6.45, 7) is 8.24. The Balaban J connectivity index is 2.29. The molecule has 0 radical (unpaired) electrons. The van der Waals surface area contributed by atoms with Gasteiger partial charge in [0.1, 0.15) is 5.75 Å². The number of alkyl halides is 3.